The van der Waals surface area contributed by atoms with Crippen LogP contribution in [0.1, 0.15) is 25.0 Å². The van der Waals surface area contributed by atoms with Crippen molar-refractivity contribution < 1.29 is 0 Å². The summed E-state index contributed by atoms with van der Waals surface area (Å²) in [5, 5.41) is 10.2. The zero-order valence-corrected chi connectivity index (χ0v) is 31.0. The third-order valence-corrected chi connectivity index (χ3v) is 12.2. The van der Waals surface area contributed by atoms with Gasteiger partial charge in [0.2, 0.25) is 0 Å². The van der Waals surface area contributed by atoms with Crippen LogP contribution in [0.3, 0.4) is 0 Å². The molecule has 0 aromatic heterocycles. The second-order valence-electron chi connectivity index (χ2n) is 15.6. The molecule has 10 aromatic carbocycles. The van der Waals surface area contributed by atoms with Crippen molar-refractivity contribution in [2.75, 3.05) is 0 Å². The molecule has 0 heterocycles. The molecule has 0 heteroatoms. The lowest BCUT2D eigenvalue weighted by atomic mass is 9.80. The van der Waals surface area contributed by atoms with Crippen molar-refractivity contribution in [2.45, 2.75) is 19.3 Å². The average Bonchev–Trinajstić information content (AvgIpc) is 3.48. The number of rotatable bonds is 4. The highest BCUT2D eigenvalue weighted by Crippen LogP contribution is 2.54. The van der Waals surface area contributed by atoms with Gasteiger partial charge in [0.15, 0.2) is 0 Å². The van der Waals surface area contributed by atoms with E-state index in [9.17, 15) is 0 Å². The summed E-state index contributed by atoms with van der Waals surface area (Å²) in [7, 11) is 0. The third kappa shape index (κ3) is 4.78. The highest BCUT2D eigenvalue weighted by molar-refractivity contribution is 6.21. The van der Waals surface area contributed by atoms with E-state index in [0.717, 1.165) is 0 Å². The van der Waals surface area contributed by atoms with Crippen LogP contribution < -0.4 is 0 Å². The molecule has 1 aliphatic carbocycles. The Morgan fingerprint density at radius 2 is 0.727 bits per heavy atom. The first-order valence-corrected chi connectivity index (χ1v) is 19.4. The van der Waals surface area contributed by atoms with Gasteiger partial charge < -0.3 is 0 Å². The van der Waals surface area contributed by atoms with E-state index in [0.29, 0.717) is 0 Å². The zero-order valence-electron chi connectivity index (χ0n) is 31.0. The van der Waals surface area contributed by atoms with E-state index in [2.05, 4.69) is 208 Å². The number of hydrogen-bond donors (Lipinski definition) is 0. The summed E-state index contributed by atoms with van der Waals surface area (Å²) >= 11 is 0. The third-order valence-electron chi connectivity index (χ3n) is 12.2. The monoisotopic (exact) mass is 698 g/mol. The van der Waals surface area contributed by atoms with Crippen LogP contribution in [-0.2, 0) is 5.41 Å². The Hall–Kier alpha value is -6.76. The van der Waals surface area contributed by atoms with Gasteiger partial charge in [-0.25, -0.2) is 0 Å². The first kappa shape index (κ1) is 31.7. The number of fused-ring (bicyclic) bond motifs is 8. The average molecular weight is 699 g/mol. The van der Waals surface area contributed by atoms with Crippen molar-refractivity contribution in [1.29, 1.82) is 0 Å². The highest BCUT2D eigenvalue weighted by Gasteiger charge is 2.38. The molecule has 0 unspecified atom stereocenters. The van der Waals surface area contributed by atoms with Crippen molar-refractivity contribution >= 4 is 43.1 Å². The van der Waals surface area contributed by atoms with Gasteiger partial charge in [-0.05, 0) is 122 Å². The fourth-order valence-electron chi connectivity index (χ4n) is 9.80. The fourth-order valence-corrected chi connectivity index (χ4v) is 9.80. The van der Waals surface area contributed by atoms with Crippen LogP contribution in [0.15, 0.2) is 194 Å². The maximum atomic E-state index is 2.43. The summed E-state index contributed by atoms with van der Waals surface area (Å²) in [6.07, 6.45) is 0. The maximum absolute atomic E-state index is 2.43. The van der Waals surface area contributed by atoms with Gasteiger partial charge in [-0.2, -0.15) is 0 Å². The molecule has 0 bridgehead atoms. The smallest absolute Gasteiger partial charge is 0.0165 e. The topological polar surface area (TPSA) is 0 Å². The minimum Gasteiger partial charge on any atom is -0.0616 e. The van der Waals surface area contributed by atoms with Gasteiger partial charge in [0, 0.05) is 5.41 Å². The van der Waals surface area contributed by atoms with Gasteiger partial charge >= 0.3 is 0 Å². The molecule has 0 fully saturated rings. The van der Waals surface area contributed by atoms with Crippen LogP contribution >= 0.6 is 0 Å². The molecule has 1 aliphatic rings. The summed E-state index contributed by atoms with van der Waals surface area (Å²) < 4.78 is 0. The first-order valence-electron chi connectivity index (χ1n) is 19.4. The molecule has 10 aromatic rings. The van der Waals surface area contributed by atoms with Gasteiger partial charge in [0.1, 0.15) is 0 Å². The lowest BCUT2D eigenvalue weighted by Crippen LogP contribution is -2.15. The molecular formula is C55H38. The zero-order chi connectivity index (χ0) is 36.7. The van der Waals surface area contributed by atoms with Gasteiger partial charge in [-0.3, -0.25) is 0 Å². The molecule has 0 N–H and O–H groups in total. The summed E-state index contributed by atoms with van der Waals surface area (Å²) in [6, 6.07) is 72.1. The first-order chi connectivity index (χ1) is 27.1. The molecule has 0 saturated heterocycles. The van der Waals surface area contributed by atoms with Crippen LogP contribution in [0.4, 0.5) is 0 Å². The van der Waals surface area contributed by atoms with Crippen molar-refractivity contribution in [1.82, 2.24) is 0 Å². The molecule has 0 aliphatic heterocycles. The van der Waals surface area contributed by atoms with E-state index in [1.54, 1.807) is 0 Å². The van der Waals surface area contributed by atoms with E-state index < -0.39 is 0 Å². The quantitative estimate of drug-likeness (QED) is 0.161. The molecule has 0 saturated carbocycles. The molecule has 0 spiro atoms. The Labute approximate surface area is 322 Å². The fraction of sp³-hybridized carbons (Fsp3) is 0.0545. The second-order valence-corrected chi connectivity index (χ2v) is 15.6. The van der Waals surface area contributed by atoms with E-state index in [4.69, 9.17) is 0 Å². The maximum Gasteiger partial charge on any atom is 0.0165 e. The van der Waals surface area contributed by atoms with Crippen LogP contribution in [0, 0.1) is 0 Å². The van der Waals surface area contributed by atoms with Gasteiger partial charge in [0.25, 0.3) is 0 Å². The van der Waals surface area contributed by atoms with E-state index >= 15 is 0 Å². The van der Waals surface area contributed by atoms with Crippen molar-refractivity contribution in [2.24, 2.45) is 0 Å². The van der Waals surface area contributed by atoms with Crippen LogP contribution in [0.25, 0.3) is 98.7 Å². The van der Waals surface area contributed by atoms with Crippen LogP contribution in [0.2, 0.25) is 0 Å². The Kier molecular flexibility index (Phi) is 7.00. The predicted molar refractivity (Wildman–Crippen MR) is 236 cm³/mol. The molecule has 55 heavy (non-hydrogen) atoms. The minimum absolute atomic E-state index is 0.105. The van der Waals surface area contributed by atoms with Gasteiger partial charge in [-0.1, -0.05) is 196 Å². The largest absolute Gasteiger partial charge is 0.0616 e. The summed E-state index contributed by atoms with van der Waals surface area (Å²) in [5.41, 5.74) is 15.5. The highest BCUT2D eigenvalue weighted by atomic mass is 14.4. The lowest BCUT2D eigenvalue weighted by Gasteiger charge is -2.23. The SMILES string of the molecule is CC1(C)c2cccc(-c3cccc(-c4c5ccccc5c(-c5cccc(-c6cccc7ccccc67)c5)c5ccccc45)c3)c2-c2ccc3ccccc3c21. The molecule has 11 rings (SSSR count). The van der Waals surface area contributed by atoms with Gasteiger partial charge in [-0.15, -0.1) is 0 Å². The van der Waals surface area contributed by atoms with Crippen LogP contribution in [0.5, 0.6) is 0 Å². The molecule has 0 nitrogen and oxygen atoms in total. The predicted octanol–water partition coefficient (Wildman–Crippen LogP) is 15.3. The summed E-state index contributed by atoms with van der Waals surface area (Å²) in [6.45, 7) is 4.78. The number of benzene rings is 10. The van der Waals surface area contributed by atoms with E-state index in [1.165, 1.54) is 110 Å². The molecule has 0 radical (unpaired) electrons. The standard InChI is InChI=1S/C55H38/c1-55(2)50-30-14-29-43(53(50)49-32-31-36-16-4-6-23-44(36)54(49)55)38-19-12-21-40(34-38)52-47-26-9-7-24-45(47)51(46-25-8-10-27-48(46)52)39-20-11-18-37(33-39)42-28-13-17-35-15-3-5-22-41(35)42/h3-34H,1-2H3. The Morgan fingerprint density at radius 3 is 1.35 bits per heavy atom. The van der Waals surface area contributed by atoms with Crippen molar-refractivity contribution in [3.05, 3.63) is 205 Å². The van der Waals surface area contributed by atoms with E-state index in [1.807, 2.05) is 0 Å². The molecular weight excluding hydrogens is 661 g/mol. The summed E-state index contributed by atoms with van der Waals surface area (Å²) in [4.78, 5) is 0. The van der Waals surface area contributed by atoms with Crippen molar-refractivity contribution in [3.63, 3.8) is 0 Å². The Balaban J connectivity index is 1.11. The summed E-state index contributed by atoms with van der Waals surface area (Å²) in [5.74, 6) is 0. The second kappa shape index (κ2) is 12.1. The molecule has 0 amide bonds. The Morgan fingerprint density at radius 1 is 0.291 bits per heavy atom. The van der Waals surface area contributed by atoms with Crippen LogP contribution in [-0.4, -0.2) is 0 Å². The minimum atomic E-state index is -0.105. The molecule has 258 valence electrons. The normalized spacial score (nSPS) is 13.1. The van der Waals surface area contributed by atoms with Crippen molar-refractivity contribution in [3.8, 4) is 55.6 Å². The van der Waals surface area contributed by atoms with Gasteiger partial charge in [0.05, 0.1) is 0 Å². The Bertz CT molecular complexity index is 3110. The lowest BCUT2D eigenvalue weighted by molar-refractivity contribution is 0.666. The van der Waals surface area contributed by atoms with E-state index in [-0.39, 0.29) is 5.41 Å². The number of hydrogen-bond acceptors (Lipinski definition) is 0. The molecule has 0 atom stereocenters.